The average molecular weight is 2060 g/mol. The minimum absolute atomic E-state index is 0.0146. The first-order chi connectivity index (χ1) is 57.4. The summed E-state index contributed by atoms with van der Waals surface area (Å²) >= 11 is 9.19. The highest BCUT2D eigenvalue weighted by Gasteiger charge is 2.64. The van der Waals surface area contributed by atoms with Crippen LogP contribution < -0.4 is 52.4 Å². The molecule has 0 spiro atoms. The summed E-state index contributed by atoms with van der Waals surface area (Å²) in [6.45, 7) is 23.8. The topological polar surface area (TPSA) is 567 Å². The number of nitrogens with one attached hydrogen (secondary N) is 4. The number of rotatable bonds is 19. The summed E-state index contributed by atoms with van der Waals surface area (Å²) in [5, 5.41) is 32.5. The second-order valence-electron chi connectivity index (χ2n) is 30.6. The summed E-state index contributed by atoms with van der Waals surface area (Å²) in [6.07, 6.45) is 13.4. The number of nitrogens with two attached hydrogens (primary N) is 5. The number of nitrogen functional groups attached to an aromatic ring is 4. The standard InChI is InChI=1S/C14H21BFNO4S.C13H13FN4O4S.C13H15FN4O2S.C12H24B2O4.C8H9BrFNO2S.C7H4BrFO.C5H4BrN3O2.CH5NO2S.CH4O/c1-13(2)14(3,4)21-15(20-13)11-6-10(7-12(16)8-11)9-17-22(5,18)19;1-23(21,22)17-5-8-2-9(4-10(14)3-8)11-6-16-7-12(13(11)15)18(19)20;1-21(19,20)18-5-8-2-9(4-10(14)3-8)11-6-17-7-12(15)13(11)16;1-9(2)10(3,4)16-13(15-9)14-17-11(5,6)12(7,8)18-14;1-14(12,13)11-5-6-2-7(9)4-8(10)3-6;8-6-1-5(4-10)2-7(9)3-6;6-3-1-8-2-4(5(3)7)9(10)11;1-5(2,3)4;1-2/h6-8,17H,9H2,1-5H3;2-4,6-7,17H,5H2,1H3,(H2,15,16);2-4,6-7,18H,5,15H2,1H3,(H2,16,17);1-8H3;2-4,11H,5H2,1H3;1-4H;1-2H,(H2,7,8);1H3,(H2,2,3,4);2H,1H3. The molecule has 5 aromatic carbocycles. The summed E-state index contributed by atoms with van der Waals surface area (Å²) in [4.78, 5) is 41.2. The SMILES string of the molecule is CC1(C)OB(B2OC(C)(C)C(C)(C)O2)OC1(C)C.CC1(C)OB(c2cc(F)cc(CNS(C)(=O)=O)c2)OC1(C)C.CO.CS(=O)(=O)NCc1cc(F)cc(-c2cncc(N)c2N)c1.CS(=O)(=O)NCc1cc(F)cc(-c2cncc([N+](=O)[O-])c2N)c1.CS(=O)(=O)NCc1cc(F)cc(Br)c1.CS(N)(=O)=O.Nc1c(Br)cncc1[N+](=O)[O-].O=Cc1cc(F)cc(Br)c1. The van der Waals surface area contributed by atoms with Crippen molar-refractivity contribution >= 4 is 165 Å². The third kappa shape index (κ3) is 37.8. The van der Waals surface area contributed by atoms with Crippen LogP contribution in [0.4, 0.5) is 56.1 Å². The predicted octanol–water partition coefficient (Wildman–Crippen LogP) is 9.84. The van der Waals surface area contributed by atoms with Gasteiger partial charge in [0.15, 0.2) is 0 Å². The molecule has 3 aliphatic rings. The van der Waals surface area contributed by atoms with Crippen molar-refractivity contribution in [1.82, 2.24) is 33.8 Å². The summed E-state index contributed by atoms with van der Waals surface area (Å²) in [5.41, 5.74) is 24.4. The van der Waals surface area contributed by atoms with Gasteiger partial charge in [-0.1, -0.05) is 37.9 Å². The van der Waals surface area contributed by atoms with Crippen molar-refractivity contribution in [1.29, 1.82) is 0 Å². The molecule has 6 heterocycles. The van der Waals surface area contributed by atoms with Crippen LogP contribution >= 0.6 is 47.8 Å². The molecule has 3 aliphatic heterocycles. The van der Waals surface area contributed by atoms with Gasteiger partial charge in [-0.3, -0.25) is 40.0 Å². The monoisotopic (exact) mass is 2060 g/mol. The van der Waals surface area contributed by atoms with Gasteiger partial charge in [-0.25, -0.2) is 88.1 Å². The number of nitrogens with zero attached hydrogens (tertiary/aromatic N) is 5. The number of sulfonamides is 5. The van der Waals surface area contributed by atoms with Crippen molar-refractivity contribution in [3.05, 3.63) is 219 Å². The Hall–Kier alpha value is -8.23. The average Bonchev–Trinajstić information content (AvgIpc) is 1.60. The Kier molecular flexibility index (Phi) is 41.2. The van der Waals surface area contributed by atoms with Gasteiger partial charge in [0, 0.05) is 77.5 Å². The largest absolute Gasteiger partial charge is 0.494 e. The first-order valence-corrected chi connectivity index (χ1v) is 48.3. The molecule has 0 aliphatic carbocycles. The van der Waals surface area contributed by atoms with E-state index in [9.17, 15) is 89.1 Å². The molecule has 126 heavy (non-hydrogen) atoms. The molecule has 3 saturated heterocycles. The minimum Gasteiger partial charge on any atom is -0.405 e. The lowest BCUT2D eigenvalue weighted by Gasteiger charge is -2.32. The van der Waals surface area contributed by atoms with E-state index in [2.05, 4.69) is 86.8 Å². The van der Waals surface area contributed by atoms with Crippen LogP contribution in [0.1, 0.15) is 116 Å². The maximum Gasteiger partial charge on any atom is 0.494 e. The van der Waals surface area contributed by atoms with E-state index in [4.69, 9.17) is 56.0 Å². The van der Waals surface area contributed by atoms with E-state index < -0.39 is 121 Å². The number of aliphatic hydroxyl groups excluding tert-OH is 1. The van der Waals surface area contributed by atoms with Crippen LogP contribution in [0, 0.1) is 49.3 Å². The second kappa shape index (κ2) is 46.3. The fourth-order valence-corrected chi connectivity index (χ4v) is 13.1. The summed E-state index contributed by atoms with van der Waals surface area (Å²) in [7, 11) is -17.2. The van der Waals surface area contributed by atoms with Crippen molar-refractivity contribution in [2.24, 2.45) is 5.14 Å². The van der Waals surface area contributed by atoms with E-state index in [1.54, 1.807) is 24.3 Å². The van der Waals surface area contributed by atoms with Gasteiger partial charge in [0.25, 0.3) is 0 Å². The normalized spacial score (nSPS) is 15.5. The van der Waals surface area contributed by atoms with Crippen LogP contribution in [0.25, 0.3) is 22.3 Å². The minimum atomic E-state index is -3.44. The molecule has 3 fully saturated rings. The molecule has 0 amide bonds. The molecule has 36 nitrogen and oxygen atoms in total. The number of anilines is 4. The molecular formula is C74H99B3Br3F5N14O22S5. The van der Waals surface area contributed by atoms with E-state index in [0.717, 1.165) is 62.9 Å². The van der Waals surface area contributed by atoms with E-state index in [-0.39, 0.29) is 82.5 Å². The number of aldehydes is 1. The van der Waals surface area contributed by atoms with Crippen LogP contribution in [0.5, 0.6) is 0 Å². The lowest BCUT2D eigenvalue weighted by Crippen LogP contribution is -2.41. The molecule has 0 atom stereocenters. The fourth-order valence-electron chi connectivity index (χ4n) is 10.1. The number of halogens is 8. The lowest BCUT2D eigenvalue weighted by atomic mass is 9.49. The maximum atomic E-state index is 13.8. The number of benzene rings is 5. The molecule has 8 aromatic rings. The smallest absolute Gasteiger partial charge is 0.405 e. The number of hydrogen-bond donors (Lipinski definition) is 10. The first kappa shape index (κ1) is 112. The van der Waals surface area contributed by atoms with Crippen molar-refractivity contribution in [3.63, 3.8) is 0 Å². The third-order valence-corrected chi connectivity index (χ3v) is 22.4. The Bertz CT molecular complexity index is 5650. The molecule has 0 radical (unpaired) electrons. The zero-order valence-electron chi connectivity index (χ0n) is 71.5. The fraction of sp³-hybridized carbons (Fsp3) is 0.378. The number of nitro groups is 2. The van der Waals surface area contributed by atoms with Crippen molar-refractivity contribution < 1.29 is 112 Å². The van der Waals surface area contributed by atoms with Gasteiger partial charge in [0.05, 0.1) is 96.8 Å². The Labute approximate surface area is 755 Å². The number of aliphatic hydroxyl groups is 1. The molecule has 0 unspecified atom stereocenters. The van der Waals surface area contributed by atoms with Gasteiger partial charge >= 0.3 is 32.5 Å². The number of pyridine rings is 3. The highest BCUT2D eigenvalue weighted by Crippen LogP contribution is 2.44. The van der Waals surface area contributed by atoms with E-state index in [0.29, 0.717) is 75.5 Å². The van der Waals surface area contributed by atoms with Crippen LogP contribution in [0.2, 0.25) is 0 Å². The van der Waals surface area contributed by atoms with Gasteiger partial charge in [-0.2, -0.15) is 0 Å². The van der Waals surface area contributed by atoms with Crippen LogP contribution in [-0.4, -0.2) is 171 Å². The summed E-state index contributed by atoms with van der Waals surface area (Å²) in [6, 6.07) is 20.5. The van der Waals surface area contributed by atoms with Crippen molar-refractivity contribution in [3.8, 4) is 22.3 Å². The number of hydrogen-bond acceptors (Lipinski definition) is 29. The van der Waals surface area contributed by atoms with Crippen LogP contribution in [0.15, 0.2) is 142 Å². The molecule has 0 bridgehead atoms. The zero-order valence-corrected chi connectivity index (χ0v) is 80.3. The highest BCUT2D eigenvalue weighted by atomic mass is 79.9. The number of carbonyl (C=O) groups excluding carboxylic acids is 1. The maximum absolute atomic E-state index is 13.8. The second-order valence-corrected chi connectivity index (χ2v) is 42.3. The van der Waals surface area contributed by atoms with Gasteiger partial charge in [0.1, 0.15) is 59.1 Å². The molecule has 15 N–H and O–H groups in total. The Morgan fingerprint density at radius 2 is 0.714 bits per heavy atom. The van der Waals surface area contributed by atoms with Gasteiger partial charge in [-0.05, 0) is 223 Å². The number of carbonyl (C=O) groups is 1. The number of primary sulfonamides is 1. The van der Waals surface area contributed by atoms with Crippen molar-refractivity contribution in [2.45, 2.75) is 143 Å². The third-order valence-electron chi connectivity index (χ3n) is 18.2. The van der Waals surface area contributed by atoms with E-state index in [1.165, 1.54) is 79.4 Å². The number of aromatic nitrogens is 3. The molecular weight excluding hydrogens is 1960 g/mol. The lowest BCUT2D eigenvalue weighted by molar-refractivity contribution is -0.384. The Morgan fingerprint density at radius 1 is 0.421 bits per heavy atom. The molecule has 692 valence electrons. The van der Waals surface area contributed by atoms with E-state index in [1.807, 2.05) is 83.1 Å². The first-order valence-electron chi connectivity index (χ1n) is 36.4. The van der Waals surface area contributed by atoms with E-state index >= 15 is 0 Å². The summed E-state index contributed by atoms with van der Waals surface area (Å²) in [5.74, 6) is -2.39. The van der Waals surface area contributed by atoms with Gasteiger partial charge in [-0.15, -0.1) is 0 Å². The molecule has 11 rings (SSSR count). The highest BCUT2D eigenvalue weighted by molar-refractivity contribution is 9.11. The van der Waals surface area contributed by atoms with Crippen molar-refractivity contribution in [2.75, 3.05) is 61.3 Å². The van der Waals surface area contributed by atoms with Gasteiger partial charge in [0.2, 0.25) is 50.1 Å². The molecule has 3 aromatic heterocycles. The predicted molar refractivity (Wildman–Crippen MR) is 484 cm³/mol. The zero-order chi connectivity index (χ0) is 96.8. The van der Waals surface area contributed by atoms with Crippen LogP contribution in [-0.2, 0) is 104 Å². The quantitative estimate of drug-likeness (QED) is 0.0118. The molecule has 0 saturated carbocycles. The molecule has 52 heteroatoms. The summed E-state index contributed by atoms with van der Waals surface area (Å²) < 4.78 is 220. The Morgan fingerprint density at radius 3 is 1.05 bits per heavy atom. The van der Waals surface area contributed by atoms with Crippen LogP contribution in [0.3, 0.4) is 0 Å². The Balaban J connectivity index is 0.000000380. The van der Waals surface area contributed by atoms with Gasteiger partial charge < -0.3 is 56.0 Å².